The number of aryl methyl sites for hydroxylation is 2. The van der Waals surface area contributed by atoms with Gasteiger partial charge in [-0.2, -0.15) is 0 Å². The molecule has 0 aliphatic rings. The summed E-state index contributed by atoms with van der Waals surface area (Å²) in [5.41, 5.74) is 2.05. The molecule has 0 saturated carbocycles. The van der Waals surface area contributed by atoms with Crippen LogP contribution in [0.25, 0.3) is 5.69 Å². The zero-order valence-electron chi connectivity index (χ0n) is 12.6. The van der Waals surface area contributed by atoms with E-state index in [-0.39, 0.29) is 5.69 Å². The highest BCUT2D eigenvalue weighted by atomic mass is 32.2. The summed E-state index contributed by atoms with van der Waals surface area (Å²) in [7, 11) is 0. The zero-order valence-corrected chi connectivity index (χ0v) is 13.4. The number of thioether (sulfide) groups is 1. The first kappa shape index (κ1) is 15.3. The SMILES string of the molecule is Cc1ccc(-n2c(C)nnc2SCc2nc(C(=O)O)co2)cc1. The molecule has 1 N–H and O–H groups in total. The number of rotatable bonds is 5. The summed E-state index contributed by atoms with van der Waals surface area (Å²) in [5, 5.41) is 17.8. The van der Waals surface area contributed by atoms with E-state index in [4.69, 9.17) is 9.52 Å². The smallest absolute Gasteiger partial charge is 0.357 e. The van der Waals surface area contributed by atoms with Crippen LogP contribution in [0.3, 0.4) is 0 Å². The predicted octanol–water partition coefficient (Wildman–Crippen LogP) is 2.86. The number of hydrogen-bond donors (Lipinski definition) is 1. The van der Waals surface area contributed by atoms with Crippen molar-refractivity contribution in [3.8, 4) is 5.69 Å². The van der Waals surface area contributed by atoms with Crippen LogP contribution in [-0.4, -0.2) is 30.8 Å². The molecule has 0 bridgehead atoms. The molecule has 0 aliphatic heterocycles. The molecule has 3 rings (SSSR count). The van der Waals surface area contributed by atoms with Gasteiger partial charge in [0.15, 0.2) is 10.9 Å². The first-order valence-corrected chi connectivity index (χ1v) is 7.82. The highest BCUT2D eigenvalue weighted by Gasteiger charge is 2.15. The van der Waals surface area contributed by atoms with Crippen molar-refractivity contribution in [1.29, 1.82) is 0 Å². The van der Waals surface area contributed by atoms with E-state index in [2.05, 4.69) is 15.2 Å². The lowest BCUT2D eigenvalue weighted by molar-refractivity contribution is 0.0690. The van der Waals surface area contributed by atoms with E-state index >= 15 is 0 Å². The molecule has 2 aromatic heterocycles. The van der Waals surface area contributed by atoms with Gasteiger partial charge in [-0.25, -0.2) is 9.78 Å². The molecule has 0 fully saturated rings. The molecular formula is C15H14N4O3S. The molecular weight excluding hydrogens is 316 g/mol. The van der Waals surface area contributed by atoms with Crippen LogP contribution in [-0.2, 0) is 5.75 Å². The number of carbonyl (C=O) groups is 1. The van der Waals surface area contributed by atoms with E-state index in [1.54, 1.807) is 0 Å². The van der Waals surface area contributed by atoms with Crippen LogP contribution in [0.2, 0.25) is 0 Å². The minimum Gasteiger partial charge on any atom is -0.476 e. The van der Waals surface area contributed by atoms with E-state index in [0.29, 0.717) is 16.8 Å². The van der Waals surface area contributed by atoms with Crippen molar-refractivity contribution in [2.75, 3.05) is 0 Å². The number of carboxylic acid groups (broad SMARTS) is 1. The molecule has 0 amide bonds. The number of aromatic nitrogens is 4. The number of aromatic carboxylic acids is 1. The summed E-state index contributed by atoms with van der Waals surface area (Å²) in [6, 6.07) is 8.06. The number of carboxylic acids is 1. The van der Waals surface area contributed by atoms with Gasteiger partial charge in [0, 0.05) is 5.69 Å². The molecule has 3 aromatic rings. The average Bonchev–Trinajstić information content (AvgIpc) is 3.13. The number of oxazole rings is 1. The monoisotopic (exact) mass is 330 g/mol. The van der Waals surface area contributed by atoms with Crippen molar-refractivity contribution >= 4 is 17.7 Å². The van der Waals surface area contributed by atoms with Crippen molar-refractivity contribution in [3.05, 3.63) is 53.5 Å². The van der Waals surface area contributed by atoms with Gasteiger partial charge in [0.2, 0.25) is 5.89 Å². The van der Waals surface area contributed by atoms with Gasteiger partial charge in [-0.1, -0.05) is 29.5 Å². The van der Waals surface area contributed by atoms with Crippen molar-refractivity contribution in [2.45, 2.75) is 24.8 Å². The Kier molecular flexibility index (Phi) is 4.16. The first-order chi connectivity index (χ1) is 11.0. The number of nitrogens with zero attached hydrogens (tertiary/aromatic N) is 4. The van der Waals surface area contributed by atoms with Gasteiger partial charge in [-0.05, 0) is 26.0 Å². The fraction of sp³-hybridized carbons (Fsp3) is 0.200. The average molecular weight is 330 g/mol. The Morgan fingerprint density at radius 3 is 2.65 bits per heavy atom. The maximum Gasteiger partial charge on any atom is 0.357 e. The quantitative estimate of drug-likeness (QED) is 0.719. The molecule has 0 unspecified atom stereocenters. The largest absolute Gasteiger partial charge is 0.476 e. The molecule has 0 aliphatic carbocycles. The number of benzene rings is 1. The highest BCUT2D eigenvalue weighted by Crippen LogP contribution is 2.25. The van der Waals surface area contributed by atoms with Gasteiger partial charge in [-0.3, -0.25) is 4.57 Å². The Labute approximate surface area is 136 Å². The van der Waals surface area contributed by atoms with Crippen LogP contribution in [0, 0.1) is 13.8 Å². The standard InChI is InChI=1S/C15H14N4O3S/c1-9-3-5-11(6-4-9)19-10(2)17-18-15(19)23-8-13-16-12(7-22-13)14(20)21/h3-7H,8H2,1-2H3,(H,20,21). The third-order valence-corrected chi connectivity index (χ3v) is 4.10. The second-order valence-corrected chi connectivity index (χ2v) is 5.86. The van der Waals surface area contributed by atoms with Crippen molar-refractivity contribution in [3.63, 3.8) is 0 Å². The van der Waals surface area contributed by atoms with Gasteiger partial charge in [-0.15, -0.1) is 10.2 Å². The Hall–Kier alpha value is -2.61. The van der Waals surface area contributed by atoms with E-state index in [1.807, 2.05) is 42.7 Å². The molecule has 23 heavy (non-hydrogen) atoms. The fourth-order valence-electron chi connectivity index (χ4n) is 2.03. The second kappa shape index (κ2) is 6.25. The Bertz CT molecular complexity index is 839. The molecule has 7 nitrogen and oxygen atoms in total. The highest BCUT2D eigenvalue weighted by molar-refractivity contribution is 7.98. The maximum atomic E-state index is 10.8. The van der Waals surface area contributed by atoms with Crippen LogP contribution in [0.5, 0.6) is 0 Å². The third kappa shape index (κ3) is 3.26. The minimum absolute atomic E-state index is 0.100. The third-order valence-electron chi connectivity index (χ3n) is 3.18. The minimum atomic E-state index is -1.11. The van der Waals surface area contributed by atoms with E-state index in [0.717, 1.165) is 17.8 Å². The predicted molar refractivity (Wildman–Crippen MR) is 83.9 cm³/mol. The van der Waals surface area contributed by atoms with Crippen LogP contribution in [0.4, 0.5) is 0 Å². The Balaban J connectivity index is 1.81. The zero-order chi connectivity index (χ0) is 16.4. The Morgan fingerprint density at radius 2 is 2.00 bits per heavy atom. The lowest BCUT2D eigenvalue weighted by Crippen LogP contribution is -1.99. The van der Waals surface area contributed by atoms with Gasteiger partial charge >= 0.3 is 5.97 Å². The molecule has 0 saturated heterocycles. The molecule has 118 valence electrons. The Morgan fingerprint density at radius 1 is 1.26 bits per heavy atom. The molecule has 2 heterocycles. The lowest BCUT2D eigenvalue weighted by atomic mass is 10.2. The second-order valence-electron chi connectivity index (χ2n) is 4.92. The fourth-order valence-corrected chi connectivity index (χ4v) is 2.88. The van der Waals surface area contributed by atoms with Gasteiger partial charge < -0.3 is 9.52 Å². The van der Waals surface area contributed by atoms with E-state index in [9.17, 15) is 4.79 Å². The summed E-state index contributed by atoms with van der Waals surface area (Å²) >= 11 is 1.39. The van der Waals surface area contributed by atoms with Gasteiger partial charge in [0.1, 0.15) is 12.1 Å². The van der Waals surface area contributed by atoms with Crippen molar-refractivity contribution < 1.29 is 14.3 Å². The molecule has 1 aromatic carbocycles. The van der Waals surface area contributed by atoms with Gasteiger partial charge in [0.25, 0.3) is 0 Å². The maximum absolute atomic E-state index is 10.8. The molecule has 0 atom stereocenters. The summed E-state index contributed by atoms with van der Waals surface area (Å²) in [4.78, 5) is 14.7. The van der Waals surface area contributed by atoms with Crippen LogP contribution < -0.4 is 0 Å². The number of hydrogen-bond acceptors (Lipinski definition) is 6. The van der Waals surface area contributed by atoms with E-state index < -0.39 is 5.97 Å². The van der Waals surface area contributed by atoms with Crippen LogP contribution in [0.1, 0.15) is 27.8 Å². The van der Waals surface area contributed by atoms with E-state index in [1.165, 1.54) is 17.3 Å². The molecule has 0 spiro atoms. The topological polar surface area (TPSA) is 94.0 Å². The molecule has 8 heteroatoms. The van der Waals surface area contributed by atoms with Crippen LogP contribution >= 0.6 is 11.8 Å². The first-order valence-electron chi connectivity index (χ1n) is 6.84. The van der Waals surface area contributed by atoms with Crippen LogP contribution in [0.15, 0.2) is 40.1 Å². The summed E-state index contributed by atoms with van der Waals surface area (Å²) in [6.45, 7) is 3.91. The van der Waals surface area contributed by atoms with Crippen molar-refractivity contribution in [2.24, 2.45) is 0 Å². The summed E-state index contributed by atoms with van der Waals surface area (Å²) in [6.07, 6.45) is 1.13. The summed E-state index contributed by atoms with van der Waals surface area (Å²) < 4.78 is 7.08. The van der Waals surface area contributed by atoms with Crippen molar-refractivity contribution in [1.82, 2.24) is 19.7 Å². The summed E-state index contributed by atoms with van der Waals surface area (Å²) in [5.74, 6) is 0.374. The lowest BCUT2D eigenvalue weighted by Gasteiger charge is -2.08. The van der Waals surface area contributed by atoms with Gasteiger partial charge in [0.05, 0.1) is 5.75 Å². The molecule has 0 radical (unpaired) electrons. The normalized spacial score (nSPS) is 10.9.